The lowest BCUT2D eigenvalue weighted by Gasteiger charge is -2.01. The van der Waals surface area contributed by atoms with Gasteiger partial charge in [-0.2, -0.15) is 0 Å². The smallest absolute Gasteiger partial charge is 0.189 e. The average molecular weight is 201 g/mol. The predicted octanol–water partition coefficient (Wildman–Crippen LogP) is 1.11. The number of aliphatic imine (C=N–C) groups is 1. The molecule has 0 atom stereocenters. The highest BCUT2D eigenvalue weighted by Crippen LogP contribution is 1.99. The molecule has 3 N–H and O–H groups in total. The van der Waals surface area contributed by atoms with Crippen LogP contribution in [0.5, 0.6) is 0 Å². The van der Waals surface area contributed by atoms with E-state index >= 15 is 0 Å². The van der Waals surface area contributed by atoms with Crippen molar-refractivity contribution >= 4 is 5.96 Å². The maximum absolute atomic E-state index is 5.63. The van der Waals surface area contributed by atoms with Crippen molar-refractivity contribution in [1.29, 1.82) is 0 Å². The van der Waals surface area contributed by atoms with Crippen molar-refractivity contribution in [2.24, 2.45) is 10.7 Å². The second-order valence-electron chi connectivity index (χ2n) is 2.97. The Hall–Kier alpha value is -1.95. The third-order valence-corrected chi connectivity index (χ3v) is 1.81. The van der Waals surface area contributed by atoms with Crippen molar-refractivity contribution in [3.8, 4) is 11.8 Å². The summed E-state index contributed by atoms with van der Waals surface area (Å²) in [7, 11) is 0. The Morgan fingerprint density at radius 3 is 2.80 bits per heavy atom. The zero-order valence-electron chi connectivity index (χ0n) is 8.83. The lowest BCUT2D eigenvalue weighted by molar-refractivity contribution is 0.980. The van der Waals surface area contributed by atoms with Crippen LogP contribution in [0.4, 0.5) is 0 Å². The molecule has 0 aliphatic heterocycles. The van der Waals surface area contributed by atoms with Crippen molar-refractivity contribution in [2.45, 2.75) is 13.5 Å². The van der Waals surface area contributed by atoms with Crippen LogP contribution in [-0.4, -0.2) is 12.5 Å². The summed E-state index contributed by atoms with van der Waals surface area (Å²) in [4.78, 5) is 4.18. The maximum Gasteiger partial charge on any atom is 0.189 e. The van der Waals surface area contributed by atoms with Crippen LogP contribution >= 0.6 is 0 Å². The van der Waals surface area contributed by atoms with Crippen LogP contribution in [-0.2, 0) is 6.54 Å². The monoisotopic (exact) mass is 201 g/mol. The number of nitrogens with one attached hydrogen (secondary N) is 1. The SMILES string of the molecule is CC#CCNC(N)=NCc1ccccc1. The van der Waals surface area contributed by atoms with E-state index in [2.05, 4.69) is 22.2 Å². The lowest BCUT2D eigenvalue weighted by Crippen LogP contribution is -2.31. The first kappa shape index (κ1) is 11.1. The van der Waals surface area contributed by atoms with Crippen LogP contribution in [0.25, 0.3) is 0 Å². The molecule has 0 unspecified atom stereocenters. The van der Waals surface area contributed by atoms with Crippen molar-refractivity contribution in [1.82, 2.24) is 5.32 Å². The Kier molecular flexibility index (Phi) is 4.82. The molecule has 0 radical (unpaired) electrons. The normalized spacial score (nSPS) is 10.3. The molecule has 15 heavy (non-hydrogen) atoms. The van der Waals surface area contributed by atoms with E-state index in [9.17, 15) is 0 Å². The van der Waals surface area contributed by atoms with Crippen LogP contribution in [0.3, 0.4) is 0 Å². The van der Waals surface area contributed by atoms with E-state index in [1.165, 1.54) is 0 Å². The fourth-order valence-electron chi connectivity index (χ4n) is 1.04. The summed E-state index contributed by atoms with van der Waals surface area (Å²) in [5, 5.41) is 2.91. The van der Waals surface area contributed by atoms with Crippen molar-refractivity contribution in [3.63, 3.8) is 0 Å². The Morgan fingerprint density at radius 1 is 1.40 bits per heavy atom. The molecule has 0 heterocycles. The molecule has 0 aliphatic carbocycles. The van der Waals surface area contributed by atoms with Crippen LogP contribution in [0.2, 0.25) is 0 Å². The standard InChI is InChI=1S/C12H15N3/c1-2-3-9-14-12(13)15-10-11-7-5-4-6-8-11/h4-8H,9-10H2,1H3,(H3,13,14,15). The lowest BCUT2D eigenvalue weighted by atomic mass is 10.2. The van der Waals surface area contributed by atoms with Gasteiger partial charge in [-0.15, -0.1) is 5.92 Å². The van der Waals surface area contributed by atoms with Gasteiger partial charge in [0.2, 0.25) is 0 Å². The molecular weight excluding hydrogens is 186 g/mol. The van der Waals surface area contributed by atoms with E-state index in [1.54, 1.807) is 6.92 Å². The number of nitrogens with zero attached hydrogens (tertiary/aromatic N) is 1. The van der Waals surface area contributed by atoms with Gasteiger partial charge in [0.05, 0.1) is 13.1 Å². The summed E-state index contributed by atoms with van der Waals surface area (Å²) in [6.45, 7) is 2.93. The van der Waals surface area contributed by atoms with Crippen molar-refractivity contribution in [2.75, 3.05) is 6.54 Å². The van der Waals surface area contributed by atoms with Gasteiger partial charge in [-0.05, 0) is 12.5 Å². The minimum Gasteiger partial charge on any atom is -0.370 e. The highest BCUT2D eigenvalue weighted by Gasteiger charge is 1.90. The van der Waals surface area contributed by atoms with E-state index in [-0.39, 0.29) is 0 Å². The first-order valence-corrected chi connectivity index (χ1v) is 4.80. The summed E-state index contributed by atoms with van der Waals surface area (Å²) in [5.74, 6) is 6.06. The van der Waals surface area contributed by atoms with Crippen molar-refractivity contribution < 1.29 is 0 Å². The molecule has 0 saturated carbocycles. The van der Waals surface area contributed by atoms with Crippen LogP contribution in [0.1, 0.15) is 12.5 Å². The highest BCUT2D eigenvalue weighted by atomic mass is 15.1. The number of benzene rings is 1. The van der Waals surface area contributed by atoms with Gasteiger partial charge in [0.25, 0.3) is 0 Å². The first-order valence-electron chi connectivity index (χ1n) is 4.80. The molecule has 0 aromatic heterocycles. The Labute approximate surface area is 90.4 Å². The highest BCUT2D eigenvalue weighted by molar-refractivity contribution is 5.78. The number of hydrogen-bond acceptors (Lipinski definition) is 1. The summed E-state index contributed by atoms with van der Waals surface area (Å²) in [6, 6.07) is 9.98. The third-order valence-electron chi connectivity index (χ3n) is 1.81. The zero-order valence-corrected chi connectivity index (χ0v) is 8.83. The molecular formula is C12H15N3. The van der Waals surface area contributed by atoms with Gasteiger partial charge in [0.15, 0.2) is 5.96 Å². The van der Waals surface area contributed by atoms with E-state index in [0.717, 1.165) is 5.56 Å². The second-order valence-corrected chi connectivity index (χ2v) is 2.97. The minimum absolute atomic E-state index is 0.432. The van der Waals surface area contributed by atoms with Crippen LogP contribution in [0, 0.1) is 11.8 Å². The van der Waals surface area contributed by atoms with E-state index < -0.39 is 0 Å². The molecule has 0 saturated heterocycles. The molecule has 0 spiro atoms. The van der Waals surface area contributed by atoms with E-state index in [0.29, 0.717) is 19.0 Å². The van der Waals surface area contributed by atoms with Gasteiger partial charge >= 0.3 is 0 Å². The van der Waals surface area contributed by atoms with Crippen LogP contribution < -0.4 is 11.1 Å². The maximum atomic E-state index is 5.63. The number of nitrogens with two attached hydrogens (primary N) is 1. The second kappa shape index (κ2) is 6.50. The largest absolute Gasteiger partial charge is 0.370 e. The predicted molar refractivity (Wildman–Crippen MR) is 63.2 cm³/mol. The Bertz CT molecular complexity index is 371. The molecule has 1 rings (SSSR count). The summed E-state index contributed by atoms with van der Waals surface area (Å²) >= 11 is 0. The molecule has 1 aromatic carbocycles. The Balaban J connectivity index is 2.39. The van der Waals surface area contributed by atoms with Gasteiger partial charge in [-0.25, -0.2) is 4.99 Å². The quantitative estimate of drug-likeness (QED) is 0.437. The van der Waals surface area contributed by atoms with Gasteiger partial charge < -0.3 is 11.1 Å². The Morgan fingerprint density at radius 2 is 2.13 bits per heavy atom. The number of guanidine groups is 1. The average Bonchev–Trinajstić information content (AvgIpc) is 2.28. The van der Waals surface area contributed by atoms with Gasteiger partial charge in [-0.1, -0.05) is 36.3 Å². The molecule has 3 nitrogen and oxygen atoms in total. The molecule has 1 aromatic rings. The summed E-state index contributed by atoms with van der Waals surface area (Å²) in [5.41, 5.74) is 6.78. The first-order chi connectivity index (χ1) is 7.33. The van der Waals surface area contributed by atoms with Crippen molar-refractivity contribution in [3.05, 3.63) is 35.9 Å². The minimum atomic E-state index is 0.432. The summed E-state index contributed by atoms with van der Waals surface area (Å²) in [6.07, 6.45) is 0. The van der Waals surface area contributed by atoms with Gasteiger partial charge in [-0.3, -0.25) is 0 Å². The van der Waals surface area contributed by atoms with Gasteiger partial charge in [0.1, 0.15) is 0 Å². The molecule has 0 amide bonds. The van der Waals surface area contributed by atoms with E-state index in [4.69, 9.17) is 5.73 Å². The van der Waals surface area contributed by atoms with Crippen LogP contribution in [0.15, 0.2) is 35.3 Å². The zero-order chi connectivity index (χ0) is 10.9. The molecule has 78 valence electrons. The molecule has 0 bridgehead atoms. The van der Waals surface area contributed by atoms with E-state index in [1.807, 2.05) is 30.3 Å². The number of hydrogen-bond donors (Lipinski definition) is 2. The van der Waals surface area contributed by atoms with Gasteiger partial charge in [0, 0.05) is 0 Å². The fraction of sp³-hybridized carbons (Fsp3) is 0.250. The molecule has 3 heteroatoms. The fourth-order valence-corrected chi connectivity index (χ4v) is 1.04. The summed E-state index contributed by atoms with van der Waals surface area (Å²) < 4.78 is 0. The number of rotatable bonds is 3. The third kappa shape index (κ3) is 4.72. The molecule has 0 aliphatic rings. The topological polar surface area (TPSA) is 50.4 Å². The molecule has 0 fully saturated rings.